The van der Waals surface area contributed by atoms with Gasteiger partial charge in [-0.25, -0.2) is 14.8 Å². The Kier molecular flexibility index (Phi) is 10.6. The second-order valence-corrected chi connectivity index (χ2v) is 11.3. The van der Waals surface area contributed by atoms with E-state index in [0.717, 1.165) is 65.3 Å². The number of rotatable bonds is 14. The summed E-state index contributed by atoms with van der Waals surface area (Å²) in [6.45, 7) is 8.23. The van der Waals surface area contributed by atoms with Crippen LogP contribution in [0.3, 0.4) is 0 Å². The highest BCUT2D eigenvalue weighted by atomic mass is 16.5. The van der Waals surface area contributed by atoms with Gasteiger partial charge in [-0.3, -0.25) is 0 Å². The van der Waals surface area contributed by atoms with E-state index in [4.69, 9.17) is 9.15 Å². The lowest BCUT2D eigenvalue weighted by atomic mass is 9.99. The Morgan fingerprint density at radius 3 is 2.21 bits per heavy atom. The van der Waals surface area contributed by atoms with E-state index in [9.17, 15) is 4.79 Å². The maximum Gasteiger partial charge on any atom is 0.323 e. The number of anilines is 3. The van der Waals surface area contributed by atoms with Crippen molar-refractivity contribution in [3.8, 4) is 28.2 Å². The van der Waals surface area contributed by atoms with Gasteiger partial charge in [-0.1, -0.05) is 98.8 Å². The molecule has 0 fully saturated rings. The van der Waals surface area contributed by atoms with Gasteiger partial charge >= 0.3 is 6.03 Å². The van der Waals surface area contributed by atoms with Crippen LogP contribution in [-0.2, 0) is 6.42 Å². The van der Waals surface area contributed by atoms with Gasteiger partial charge in [-0.2, -0.15) is 0 Å². The molecule has 0 saturated heterocycles. The molecule has 0 atom stereocenters. The Morgan fingerprint density at radius 2 is 1.48 bits per heavy atom. The summed E-state index contributed by atoms with van der Waals surface area (Å²) in [7, 11) is 0. The van der Waals surface area contributed by atoms with E-state index in [1.54, 1.807) is 0 Å². The van der Waals surface area contributed by atoms with Crippen molar-refractivity contribution in [1.82, 2.24) is 14.9 Å². The molecule has 6 rings (SSSR count). The lowest BCUT2D eigenvalue weighted by Crippen LogP contribution is -2.28. The molecule has 2 heterocycles. The zero-order valence-corrected chi connectivity index (χ0v) is 27.3. The fraction of sp³-hybridized carbons (Fsp3) is 0.205. The first kappa shape index (κ1) is 32.3. The smallest absolute Gasteiger partial charge is 0.323 e. The second kappa shape index (κ2) is 15.8. The average molecular weight is 641 g/mol. The van der Waals surface area contributed by atoms with Crippen LogP contribution in [0.4, 0.5) is 22.0 Å². The molecular weight excluding hydrogens is 600 g/mol. The van der Waals surface area contributed by atoms with Gasteiger partial charge in [0, 0.05) is 29.9 Å². The van der Waals surface area contributed by atoms with Crippen molar-refractivity contribution in [3.63, 3.8) is 0 Å². The predicted octanol–water partition coefficient (Wildman–Crippen LogP) is 8.58. The minimum atomic E-state index is -0.332. The van der Waals surface area contributed by atoms with Crippen LogP contribution < -0.4 is 20.7 Å². The van der Waals surface area contributed by atoms with Crippen molar-refractivity contribution >= 4 is 34.3 Å². The summed E-state index contributed by atoms with van der Waals surface area (Å²) in [6.07, 6.45) is 2.28. The number of hydrogen-bond donors (Lipinski definition) is 3. The highest BCUT2D eigenvalue weighted by molar-refractivity contribution is 6.06. The molecule has 9 heteroatoms. The zero-order valence-electron chi connectivity index (χ0n) is 27.3. The molecule has 0 saturated carbocycles. The summed E-state index contributed by atoms with van der Waals surface area (Å²) < 4.78 is 12.3. The maximum absolute atomic E-state index is 12.8. The Balaban J connectivity index is 1.08. The number of carbonyl (C=O) groups excluding carboxylic acids is 1. The van der Waals surface area contributed by atoms with Gasteiger partial charge in [-0.15, -0.1) is 0 Å². The first-order chi connectivity index (χ1) is 23.6. The molecule has 6 aromatic rings. The van der Waals surface area contributed by atoms with Gasteiger partial charge in [0.1, 0.15) is 30.3 Å². The van der Waals surface area contributed by atoms with Crippen LogP contribution in [0.25, 0.3) is 33.6 Å². The van der Waals surface area contributed by atoms with Gasteiger partial charge in [0.25, 0.3) is 0 Å². The molecule has 0 aliphatic carbocycles. The van der Waals surface area contributed by atoms with Crippen LogP contribution in [0.5, 0.6) is 5.75 Å². The third-order valence-corrected chi connectivity index (χ3v) is 8.20. The highest BCUT2D eigenvalue weighted by Gasteiger charge is 2.22. The molecule has 2 aromatic heterocycles. The number of aromatic nitrogens is 2. The van der Waals surface area contributed by atoms with Gasteiger partial charge in [0.05, 0.1) is 11.1 Å². The Morgan fingerprint density at radius 1 is 0.792 bits per heavy atom. The van der Waals surface area contributed by atoms with Crippen molar-refractivity contribution < 1.29 is 13.9 Å². The summed E-state index contributed by atoms with van der Waals surface area (Å²) in [6, 6.07) is 35.2. The zero-order chi connectivity index (χ0) is 33.1. The minimum absolute atomic E-state index is 0.332. The summed E-state index contributed by atoms with van der Waals surface area (Å²) in [4.78, 5) is 24.2. The number of para-hydroxylation sites is 2. The molecule has 9 nitrogen and oxygen atoms in total. The largest absolute Gasteiger partial charge is 0.490 e. The summed E-state index contributed by atoms with van der Waals surface area (Å²) >= 11 is 0. The molecule has 2 amide bonds. The van der Waals surface area contributed by atoms with E-state index < -0.39 is 0 Å². The third-order valence-electron chi connectivity index (χ3n) is 8.20. The van der Waals surface area contributed by atoms with E-state index in [2.05, 4.69) is 56.8 Å². The average Bonchev–Trinajstić information content (AvgIpc) is 3.53. The first-order valence-electron chi connectivity index (χ1n) is 16.4. The standard InChI is InChI=1S/C39H40N6O3/c1-3-45(4-2)25-26-47-33-18-12-11-17-32(33)44-39(46)43-31-21-19-28(20-22-31)23-24-40-37-35-34(29-13-7-5-8-14-29)36(30-15-9-6-10-16-30)48-38(35)42-27-41-37/h5-22,27H,3-4,23-26H2,1-2H3,(H,40,41,42)(H2,43,44,46). The molecule has 3 N–H and O–H groups in total. The van der Waals surface area contributed by atoms with Crippen molar-refractivity contribution in [2.45, 2.75) is 20.3 Å². The molecule has 0 bridgehead atoms. The summed E-state index contributed by atoms with van der Waals surface area (Å²) in [5.41, 5.74) is 5.94. The Bertz CT molecular complexity index is 1920. The minimum Gasteiger partial charge on any atom is -0.490 e. The molecule has 244 valence electrons. The fourth-order valence-electron chi connectivity index (χ4n) is 5.63. The number of hydrogen-bond acceptors (Lipinski definition) is 7. The number of urea groups is 1. The van der Waals surface area contributed by atoms with Crippen LogP contribution in [0.1, 0.15) is 19.4 Å². The number of fused-ring (bicyclic) bond motifs is 1. The van der Waals surface area contributed by atoms with E-state index in [1.165, 1.54) is 6.33 Å². The van der Waals surface area contributed by atoms with Gasteiger partial charge in [-0.05, 0) is 54.9 Å². The van der Waals surface area contributed by atoms with Crippen LogP contribution in [0.15, 0.2) is 120 Å². The molecule has 4 aromatic carbocycles. The topological polar surface area (TPSA) is 105 Å². The van der Waals surface area contributed by atoms with Crippen molar-refractivity contribution in [2.75, 3.05) is 48.7 Å². The molecule has 0 aliphatic heterocycles. The van der Waals surface area contributed by atoms with Gasteiger partial charge in [0.15, 0.2) is 0 Å². The molecule has 0 aliphatic rings. The molecule has 0 spiro atoms. The predicted molar refractivity (Wildman–Crippen MR) is 194 cm³/mol. The van der Waals surface area contributed by atoms with Crippen molar-refractivity contribution in [3.05, 3.63) is 121 Å². The lowest BCUT2D eigenvalue weighted by Gasteiger charge is -2.19. The second-order valence-electron chi connectivity index (χ2n) is 11.3. The number of likely N-dealkylation sites (N-methyl/N-ethyl adjacent to an activating group) is 1. The van der Waals surface area contributed by atoms with Crippen LogP contribution in [0.2, 0.25) is 0 Å². The Hall–Kier alpha value is -5.67. The molecular formula is C39H40N6O3. The molecule has 48 heavy (non-hydrogen) atoms. The van der Waals surface area contributed by atoms with Crippen molar-refractivity contribution in [1.29, 1.82) is 0 Å². The van der Waals surface area contributed by atoms with Gasteiger partial charge < -0.3 is 30.0 Å². The molecule has 0 radical (unpaired) electrons. The SMILES string of the molecule is CCN(CC)CCOc1ccccc1NC(=O)Nc1ccc(CCNc2ncnc3oc(-c4ccccc4)c(-c4ccccc4)c23)cc1. The maximum atomic E-state index is 12.8. The fourth-order valence-corrected chi connectivity index (χ4v) is 5.63. The normalized spacial score (nSPS) is 11.1. The van der Waals surface area contributed by atoms with E-state index in [0.29, 0.717) is 36.0 Å². The number of ether oxygens (including phenoxy) is 1. The number of carbonyl (C=O) groups is 1. The number of benzene rings is 4. The first-order valence-corrected chi connectivity index (χ1v) is 16.4. The summed E-state index contributed by atoms with van der Waals surface area (Å²) in [5, 5.41) is 10.2. The molecule has 0 unspecified atom stereocenters. The van der Waals surface area contributed by atoms with Crippen LogP contribution in [-0.4, -0.2) is 53.7 Å². The van der Waals surface area contributed by atoms with E-state index in [-0.39, 0.29) is 6.03 Å². The number of nitrogens with one attached hydrogen (secondary N) is 3. The van der Waals surface area contributed by atoms with Crippen molar-refractivity contribution in [2.24, 2.45) is 0 Å². The monoisotopic (exact) mass is 640 g/mol. The van der Waals surface area contributed by atoms with Crippen LogP contribution >= 0.6 is 0 Å². The van der Waals surface area contributed by atoms with E-state index >= 15 is 0 Å². The number of furan rings is 1. The van der Waals surface area contributed by atoms with Crippen LogP contribution in [0, 0.1) is 0 Å². The van der Waals surface area contributed by atoms with E-state index in [1.807, 2.05) is 97.1 Å². The summed E-state index contributed by atoms with van der Waals surface area (Å²) in [5.74, 6) is 2.13. The number of nitrogens with zero attached hydrogens (tertiary/aromatic N) is 3. The Labute approximate surface area is 281 Å². The quantitative estimate of drug-likeness (QED) is 0.110. The van der Waals surface area contributed by atoms with Gasteiger partial charge in [0.2, 0.25) is 5.71 Å². The lowest BCUT2D eigenvalue weighted by molar-refractivity contribution is 0.223. The number of amides is 2. The third kappa shape index (κ3) is 7.82. The highest BCUT2D eigenvalue weighted by Crippen LogP contribution is 2.42.